The van der Waals surface area contributed by atoms with E-state index in [0.29, 0.717) is 5.02 Å². The highest BCUT2D eigenvalue weighted by molar-refractivity contribution is 6.30. The Morgan fingerprint density at radius 1 is 1.05 bits per heavy atom. The van der Waals surface area contributed by atoms with E-state index in [1.165, 1.54) is 12.2 Å². The van der Waals surface area contributed by atoms with E-state index < -0.39 is 17.7 Å². The van der Waals surface area contributed by atoms with Gasteiger partial charge in [-0.05, 0) is 23.8 Å². The van der Waals surface area contributed by atoms with Gasteiger partial charge in [-0.25, -0.2) is 0 Å². The van der Waals surface area contributed by atoms with Crippen LogP contribution in [0.15, 0.2) is 30.3 Å². The van der Waals surface area contributed by atoms with Crippen LogP contribution < -0.4 is 11.5 Å². The van der Waals surface area contributed by atoms with Gasteiger partial charge in [-0.1, -0.05) is 23.7 Å². The molecule has 0 fully saturated rings. The smallest absolute Gasteiger partial charge is 0.247 e. The third-order valence-electron chi connectivity index (χ3n) is 2.29. The highest BCUT2D eigenvalue weighted by Crippen LogP contribution is 2.10. The molecule has 0 heterocycles. The summed E-state index contributed by atoms with van der Waals surface area (Å²) < 4.78 is 0. The Hall–Kier alpha value is -2.34. The van der Waals surface area contributed by atoms with Gasteiger partial charge in [-0.15, -0.1) is 0 Å². The van der Waals surface area contributed by atoms with Crippen LogP contribution in [-0.2, 0) is 14.4 Å². The molecule has 106 valence electrons. The fourth-order valence-electron chi connectivity index (χ4n) is 1.43. The van der Waals surface area contributed by atoms with Crippen LogP contribution >= 0.6 is 11.6 Å². The second kappa shape index (κ2) is 7.30. The van der Waals surface area contributed by atoms with E-state index in [-0.39, 0.29) is 13.1 Å². The van der Waals surface area contributed by atoms with Gasteiger partial charge in [0.05, 0.1) is 0 Å². The maximum atomic E-state index is 11.9. The first-order valence-corrected chi connectivity index (χ1v) is 6.05. The molecule has 1 aromatic rings. The van der Waals surface area contributed by atoms with Gasteiger partial charge in [0, 0.05) is 11.1 Å². The molecule has 0 spiro atoms. The van der Waals surface area contributed by atoms with Gasteiger partial charge >= 0.3 is 0 Å². The highest BCUT2D eigenvalue weighted by Gasteiger charge is 2.15. The molecular formula is C13H14ClN3O3. The fourth-order valence-corrected chi connectivity index (χ4v) is 1.56. The van der Waals surface area contributed by atoms with Crippen LogP contribution in [0.3, 0.4) is 0 Å². The molecule has 7 heteroatoms. The van der Waals surface area contributed by atoms with Gasteiger partial charge in [0.15, 0.2) is 0 Å². The summed E-state index contributed by atoms with van der Waals surface area (Å²) in [7, 11) is 0. The minimum atomic E-state index is -0.723. The lowest BCUT2D eigenvalue weighted by Gasteiger charge is -2.17. The van der Waals surface area contributed by atoms with Crippen molar-refractivity contribution < 1.29 is 14.4 Å². The normalized spacial score (nSPS) is 10.4. The molecule has 0 atom stereocenters. The van der Waals surface area contributed by atoms with Crippen molar-refractivity contribution >= 4 is 35.4 Å². The number of benzene rings is 1. The number of primary amides is 2. The number of hydrogen-bond donors (Lipinski definition) is 2. The number of amides is 3. The number of nitrogens with zero attached hydrogens (tertiary/aromatic N) is 1. The second-order valence-electron chi connectivity index (χ2n) is 4.01. The summed E-state index contributed by atoms with van der Waals surface area (Å²) in [4.78, 5) is 34.5. The van der Waals surface area contributed by atoms with Crippen molar-refractivity contribution in [3.8, 4) is 0 Å². The Morgan fingerprint density at radius 2 is 1.55 bits per heavy atom. The monoisotopic (exact) mass is 295 g/mol. The molecule has 0 saturated carbocycles. The molecule has 0 saturated heterocycles. The van der Waals surface area contributed by atoms with Crippen molar-refractivity contribution in [1.82, 2.24) is 4.90 Å². The number of carbonyl (C=O) groups excluding carboxylic acids is 3. The van der Waals surface area contributed by atoms with Crippen molar-refractivity contribution in [2.24, 2.45) is 11.5 Å². The lowest BCUT2D eigenvalue weighted by atomic mass is 10.2. The summed E-state index contributed by atoms with van der Waals surface area (Å²) in [5.41, 5.74) is 10.8. The van der Waals surface area contributed by atoms with E-state index in [1.54, 1.807) is 24.3 Å². The number of rotatable bonds is 6. The number of carbonyl (C=O) groups is 3. The maximum absolute atomic E-state index is 11.9. The maximum Gasteiger partial charge on any atom is 0.247 e. The van der Waals surface area contributed by atoms with Gasteiger partial charge in [-0.3, -0.25) is 14.4 Å². The molecule has 0 radical (unpaired) electrons. The molecule has 0 aliphatic carbocycles. The minimum Gasteiger partial charge on any atom is -0.368 e. The topological polar surface area (TPSA) is 106 Å². The highest BCUT2D eigenvalue weighted by atomic mass is 35.5. The molecule has 20 heavy (non-hydrogen) atoms. The molecule has 6 nitrogen and oxygen atoms in total. The molecule has 4 N–H and O–H groups in total. The molecule has 0 bridgehead atoms. The molecule has 0 aromatic heterocycles. The molecule has 0 aliphatic heterocycles. The molecule has 1 aromatic carbocycles. The van der Waals surface area contributed by atoms with Crippen molar-refractivity contribution in [3.63, 3.8) is 0 Å². The van der Waals surface area contributed by atoms with Crippen molar-refractivity contribution in [2.45, 2.75) is 0 Å². The van der Waals surface area contributed by atoms with Crippen molar-refractivity contribution in [3.05, 3.63) is 40.9 Å². The lowest BCUT2D eigenvalue weighted by molar-refractivity contribution is -0.134. The molecule has 0 unspecified atom stereocenters. The summed E-state index contributed by atoms with van der Waals surface area (Å²) in [6.07, 6.45) is 2.77. The number of nitrogens with two attached hydrogens (primary N) is 2. The Balaban J connectivity index is 2.76. The predicted octanol–water partition coefficient (Wildman–Crippen LogP) is 0.152. The zero-order valence-electron chi connectivity index (χ0n) is 10.6. The third kappa shape index (κ3) is 5.53. The van der Waals surface area contributed by atoms with Crippen molar-refractivity contribution in [2.75, 3.05) is 13.1 Å². The Morgan fingerprint density at radius 3 is 2.00 bits per heavy atom. The largest absolute Gasteiger partial charge is 0.368 e. The van der Waals surface area contributed by atoms with Gasteiger partial charge < -0.3 is 16.4 Å². The first kappa shape index (κ1) is 15.7. The Kier molecular flexibility index (Phi) is 5.74. The average Bonchev–Trinajstić information content (AvgIpc) is 2.36. The summed E-state index contributed by atoms with van der Waals surface area (Å²) >= 11 is 5.74. The summed E-state index contributed by atoms with van der Waals surface area (Å²) in [5.74, 6) is -1.98. The van der Waals surface area contributed by atoms with Gasteiger partial charge in [0.1, 0.15) is 13.1 Å². The third-order valence-corrected chi connectivity index (χ3v) is 2.55. The van der Waals surface area contributed by atoms with Crippen LogP contribution in [-0.4, -0.2) is 35.7 Å². The fraction of sp³-hybridized carbons (Fsp3) is 0.154. The molecule has 1 rings (SSSR count). The van der Waals surface area contributed by atoms with E-state index >= 15 is 0 Å². The van der Waals surface area contributed by atoms with Crippen LogP contribution in [0, 0.1) is 0 Å². The summed E-state index contributed by atoms with van der Waals surface area (Å²) in [6, 6.07) is 6.80. The van der Waals surface area contributed by atoms with Crippen LogP contribution in [0.25, 0.3) is 6.08 Å². The predicted molar refractivity (Wildman–Crippen MR) is 75.5 cm³/mol. The van der Waals surface area contributed by atoms with Crippen LogP contribution in [0.2, 0.25) is 5.02 Å². The van der Waals surface area contributed by atoms with Gasteiger partial charge in [0.25, 0.3) is 0 Å². The van der Waals surface area contributed by atoms with Crippen molar-refractivity contribution in [1.29, 1.82) is 0 Å². The molecule has 3 amide bonds. The van der Waals surface area contributed by atoms with Crippen LogP contribution in [0.1, 0.15) is 5.56 Å². The molecular weight excluding hydrogens is 282 g/mol. The average molecular weight is 296 g/mol. The van der Waals surface area contributed by atoms with Gasteiger partial charge in [0.2, 0.25) is 17.7 Å². The Labute approximate surface area is 121 Å². The zero-order chi connectivity index (χ0) is 15.1. The standard InChI is InChI=1S/C13H14ClN3O3/c14-10-4-1-9(2-5-10)3-6-13(20)17(7-11(15)18)8-12(16)19/h1-6H,7-8H2,(H2,15,18)(H2,16,19). The second-order valence-corrected chi connectivity index (χ2v) is 4.45. The van der Waals surface area contributed by atoms with Gasteiger partial charge in [-0.2, -0.15) is 0 Å². The van der Waals surface area contributed by atoms with E-state index in [2.05, 4.69) is 0 Å². The lowest BCUT2D eigenvalue weighted by Crippen LogP contribution is -2.42. The zero-order valence-corrected chi connectivity index (χ0v) is 11.3. The summed E-state index contributed by atoms with van der Waals surface area (Å²) in [5, 5.41) is 0.581. The summed E-state index contributed by atoms with van der Waals surface area (Å²) in [6.45, 7) is -0.737. The SMILES string of the molecule is NC(=O)CN(CC(N)=O)C(=O)C=Cc1ccc(Cl)cc1. The minimum absolute atomic E-state index is 0.368. The van der Waals surface area contributed by atoms with E-state index in [1.807, 2.05) is 0 Å². The van der Waals surface area contributed by atoms with E-state index in [0.717, 1.165) is 10.5 Å². The first-order valence-electron chi connectivity index (χ1n) is 5.67. The van der Waals surface area contributed by atoms with Crippen LogP contribution in [0.4, 0.5) is 0 Å². The van der Waals surface area contributed by atoms with Crippen LogP contribution in [0.5, 0.6) is 0 Å². The molecule has 0 aliphatic rings. The number of hydrogen-bond acceptors (Lipinski definition) is 3. The van der Waals surface area contributed by atoms with E-state index in [4.69, 9.17) is 23.1 Å². The first-order chi connectivity index (χ1) is 9.38. The Bertz CT molecular complexity index is 524. The number of halogens is 1. The van der Waals surface area contributed by atoms with E-state index in [9.17, 15) is 14.4 Å². The quantitative estimate of drug-likeness (QED) is 0.730.